The van der Waals surface area contributed by atoms with Crippen LogP contribution < -0.4 is 10.1 Å². The highest BCUT2D eigenvalue weighted by atomic mass is 32.1. The Morgan fingerprint density at radius 1 is 1.25 bits per heavy atom. The van der Waals surface area contributed by atoms with Crippen molar-refractivity contribution in [1.82, 2.24) is 10.5 Å². The van der Waals surface area contributed by atoms with Crippen LogP contribution in [-0.4, -0.2) is 29.0 Å². The number of aromatic nitrogens is 1. The van der Waals surface area contributed by atoms with Gasteiger partial charge in [-0.2, -0.15) is 0 Å². The van der Waals surface area contributed by atoms with Crippen LogP contribution in [0.5, 0.6) is 5.75 Å². The first-order chi connectivity index (χ1) is 13.8. The SMILES string of the molecule is O[C@@H](COc1cccc(-c2noc3ccsc23)c1)CC1Cc2ccsc2CN1. The van der Waals surface area contributed by atoms with Crippen molar-refractivity contribution in [3.8, 4) is 17.0 Å². The minimum absolute atomic E-state index is 0.269. The van der Waals surface area contributed by atoms with Crippen molar-refractivity contribution in [3.05, 3.63) is 57.6 Å². The van der Waals surface area contributed by atoms with Crippen molar-refractivity contribution in [2.24, 2.45) is 0 Å². The van der Waals surface area contributed by atoms with E-state index in [9.17, 15) is 5.11 Å². The normalized spacial score (nSPS) is 17.5. The summed E-state index contributed by atoms with van der Waals surface area (Å²) in [5, 5.41) is 22.3. The largest absolute Gasteiger partial charge is 0.491 e. The molecule has 0 aliphatic carbocycles. The maximum atomic E-state index is 10.4. The molecule has 0 fully saturated rings. The predicted octanol–water partition coefficient (Wildman–Crippen LogP) is 4.46. The lowest BCUT2D eigenvalue weighted by molar-refractivity contribution is 0.0891. The van der Waals surface area contributed by atoms with E-state index >= 15 is 0 Å². The molecule has 0 saturated carbocycles. The zero-order valence-electron chi connectivity index (χ0n) is 15.1. The first-order valence-corrected chi connectivity index (χ1v) is 11.0. The number of nitrogens with one attached hydrogen (secondary N) is 1. The van der Waals surface area contributed by atoms with Crippen LogP contribution in [0, 0.1) is 0 Å². The zero-order valence-corrected chi connectivity index (χ0v) is 16.8. The van der Waals surface area contributed by atoms with Gasteiger partial charge in [0.1, 0.15) is 22.8 Å². The lowest BCUT2D eigenvalue weighted by Gasteiger charge is -2.26. The third-order valence-corrected chi connectivity index (χ3v) is 6.91. The third kappa shape index (κ3) is 3.58. The molecule has 28 heavy (non-hydrogen) atoms. The van der Waals surface area contributed by atoms with Gasteiger partial charge in [-0.25, -0.2) is 0 Å². The number of nitrogens with zero attached hydrogens (tertiary/aromatic N) is 1. The van der Waals surface area contributed by atoms with Gasteiger partial charge in [-0.1, -0.05) is 17.3 Å². The molecule has 5 rings (SSSR count). The van der Waals surface area contributed by atoms with Gasteiger partial charge in [0.05, 0.1) is 6.10 Å². The molecule has 0 amide bonds. The molecule has 1 unspecified atom stereocenters. The number of rotatable bonds is 6. The highest BCUT2D eigenvalue weighted by molar-refractivity contribution is 7.17. The quantitative estimate of drug-likeness (QED) is 0.489. The summed E-state index contributed by atoms with van der Waals surface area (Å²) in [6.07, 6.45) is 1.12. The molecule has 0 bridgehead atoms. The first kappa shape index (κ1) is 17.9. The maximum Gasteiger partial charge on any atom is 0.178 e. The van der Waals surface area contributed by atoms with Crippen molar-refractivity contribution in [1.29, 1.82) is 0 Å². The van der Waals surface area contributed by atoms with E-state index in [1.807, 2.05) is 35.7 Å². The second-order valence-electron chi connectivity index (χ2n) is 7.02. The number of fused-ring (bicyclic) bond motifs is 2. The maximum absolute atomic E-state index is 10.4. The average molecular weight is 413 g/mol. The van der Waals surface area contributed by atoms with E-state index in [2.05, 4.69) is 21.9 Å². The topological polar surface area (TPSA) is 67.5 Å². The molecule has 0 saturated heterocycles. The number of thiophene rings is 2. The number of aliphatic hydroxyl groups is 1. The van der Waals surface area contributed by atoms with E-state index < -0.39 is 6.10 Å². The van der Waals surface area contributed by atoms with Gasteiger partial charge in [0.15, 0.2) is 5.58 Å². The average Bonchev–Trinajstić information content (AvgIpc) is 3.43. The highest BCUT2D eigenvalue weighted by Crippen LogP contribution is 2.33. The second kappa shape index (κ2) is 7.67. The Bertz CT molecular complexity index is 1080. The van der Waals surface area contributed by atoms with E-state index in [4.69, 9.17) is 9.26 Å². The fraction of sp³-hybridized carbons (Fsp3) is 0.286. The summed E-state index contributed by atoms with van der Waals surface area (Å²) in [6.45, 7) is 1.16. The van der Waals surface area contributed by atoms with Crippen LogP contribution in [0.4, 0.5) is 0 Å². The van der Waals surface area contributed by atoms with E-state index in [1.54, 1.807) is 22.7 Å². The molecule has 0 spiro atoms. The van der Waals surface area contributed by atoms with Crippen LogP contribution >= 0.6 is 22.7 Å². The number of hydrogen-bond acceptors (Lipinski definition) is 7. The molecule has 144 valence electrons. The smallest absolute Gasteiger partial charge is 0.178 e. The molecule has 4 heterocycles. The number of hydrogen-bond donors (Lipinski definition) is 2. The Kier molecular flexibility index (Phi) is 4.90. The first-order valence-electron chi connectivity index (χ1n) is 9.29. The second-order valence-corrected chi connectivity index (χ2v) is 8.94. The molecule has 1 aliphatic rings. The van der Waals surface area contributed by atoms with Crippen LogP contribution in [0.25, 0.3) is 21.5 Å². The zero-order chi connectivity index (χ0) is 18.9. The van der Waals surface area contributed by atoms with Crippen molar-refractivity contribution < 1.29 is 14.4 Å². The molecule has 3 aromatic heterocycles. The minimum atomic E-state index is -0.516. The fourth-order valence-electron chi connectivity index (χ4n) is 3.63. The van der Waals surface area contributed by atoms with Crippen molar-refractivity contribution in [2.75, 3.05) is 6.61 Å². The van der Waals surface area contributed by atoms with Gasteiger partial charge in [-0.05, 0) is 53.4 Å². The Hall–Kier alpha value is -2.19. The van der Waals surface area contributed by atoms with Crippen LogP contribution in [-0.2, 0) is 13.0 Å². The van der Waals surface area contributed by atoms with E-state index in [0.29, 0.717) is 6.42 Å². The van der Waals surface area contributed by atoms with E-state index in [1.165, 1.54) is 10.4 Å². The van der Waals surface area contributed by atoms with E-state index in [0.717, 1.165) is 40.3 Å². The molecular weight excluding hydrogens is 392 g/mol. The molecule has 1 aromatic carbocycles. The third-order valence-electron chi connectivity index (χ3n) is 5.04. The summed E-state index contributed by atoms with van der Waals surface area (Å²) >= 11 is 3.41. The summed E-state index contributed by atoms with van der Waals surface area (Å²) in [7, 11) is 0. The Morgan fingerprint density at radius 3 is 3.14 bits per heavy atom. The van der Waals surface area contributed by atoms with Crippen LogP contribution in [0.15, 0.2) is 51.7 Å². The molecule has 2 atom stereocenters. The number of aliphatic hydroxyl groups excluding tert-OH is 1. The van der Waals surface area contributed by atoms with Crippen LogP contribution in [0.3, 0.4) is 0 Å². The Labute approximate surface area is 170 Å². The molecule has 4 aromatic rings. The fourth-order valence-corrected chi connectivity index (χ4v) is 5.31. The lowest BCUT2D eigenvalue weighted by Crippen LogP contribution is -2.38. The van der Waals surface area contributed by atoms with Crippen LogP contribution in [0.1, 0.15) is 16.9 Å². The summed E-state index contributed by atoms with van der Waals surface area (Å²) < 4.78 is 12.3. The standard InChI is InChI=1S/C21H20N2O3S2/c24-16(10-15-8-13-4-6-27-19(13)11-22-15)12-25-17-3-1-2-14(9-17)20-21-18(26-23-20)5-7-28-21/h1-7,9,15-16,22,24H,8,10-12H2/t15?,16-/m1/s1. The summed E-state index contributed by atoms with van der Waals surface area (Å²) in [6, 6.07) is 12.2. The molecule has 1 aliphatic heterocycles. The summed E-state index contributed by atoms with van der Waals surface area (Å²) in [5.74, 6) is 0.723. The number of benzene rings is 1. The molecule has 5 nitrogen and oxygen atoms in total. The predicted molar refractivity (Wildman–Crippen MR) is 112 cm³/mol. The van der Waals surface area contributed by atoms with E-state index in [-0.39, 0.29) is 12.6 Å². The van der Waals surface area contributed by atoms with Crippen molar-refractivity contribution in [3.63, 3.8) is 0 Å². The van der Waals surface area contributed by atoms with Gasteiger partial charge >= 0.3 is 0 Å². The van der Waals surface area contributed by atoms with Crippen molar-refractivity contribution >= 4 is 33.0 Å². The van der Waals surface area contributed by atoms with Crippen LogP contribution in [0.2, 0.25) is 0 Å². The summed E-state index contributed by atoms with van der Waals surface area (Å²) in [5.41, 5.74) is 3.98. The highest BCUT2D eigenvalue weighted by Gasteiger charge is 2.22. The molecular formula is C21H20N2O3S2. The summed E-state index contributed by atoms with van der Waals surface area (Å²) in [4.78, 5) is 1.41. The minimum Gasteiger partial charge on any atom is -0.491 e. The van der Waals surface area contributed by atoms with Crippen molar-refractivity contribution in [2.45, 2.75) is 31.5 Å². The Balaban J connectivity index is 1.21. The van der Waals surface area contributed by atoms with Gasteiger partial charge in [0, 0.05) is 23.0 Å². The van der Waals surface area contributed by atoms with Gasteiger partial charge in [-0.15, -0.1) is 22.7 Å². The van der Waals surface area contributed by atoms with Gasteiger partial charge in [-0.3, -0.25) is 0 Å². The molecule has 0 radical (unpaired) electrons. The lowest BCUT2D eigenvalue weighted by atomic mass is 9.98. The monoisotopic (exact) mass is 412 g/mol. The molecule has 7 heteroatoms. The Morgan fingerprint density at radius 2 is 2.18 bits per heavy atom. The van der Waals surface area contributed by atoms with Gasteiger partial charge in [0.2, 0.25) is 0 Å². The molecule has 2 N–H and O–H groups in total. The van der Waals surface area contributed by atoms with Gasteiger partial charge < -0.3 is 19.7 Å². The number of ether oxygens (including phenoxy) is 1. The van der Waals surface area contributed by atoms with Gasteiger partial charge in [0.25, 0.3) is 0 Å².